The quantitative estimate of drug-likeness (QED) is 0.322. The summed E-state index contributed by atoms with van der Waals surface area (Å²) in [5.41, 5.74) is -0.0634. The predicted molar refractivity (Wildman–Crippen MR) is 102 cm³/mol. The molecule has 140 valence electrons. The van der Waals surface area contributed by atoms with Crippen LogP contribution in [-0.2, 0) is 9.53 Å². The summed E-state index contributed by atoms with van der Waals surface area (Å²) in [6.45, 7) is 6.59. The van der Waals surface area contributed by atoms with E-state index in [-0.39, 0.29) is 17.4 Å². The second-order valence-electron chi connectivity index (χ2n) is 7.74. The van der Waals surface area contributed by atoms with E-state index in [1.54, 1.807) is 0 Å². The van der Waals surface area contributed by atoms with E-state index >= 15 is 0 Å². The number of hydrogen-bond acceptors (Lipinski definition) is 2. The van der Waals surface area contributed by atoms with Crippen molar-refractivity contribution in [2.45, 2.75) is 117 Å². The molecule has 1 heterocycles. The molecule has 0 aromatic rings. The Labute approximate surface area is 149 Å². The number of carbonyl (C=O) groups is 1. The van der Waals surface area contributed by atoms with Crippen LogP contribution in [0, 0.1) is 5.41 Å². The Morgan fingerprint density at radius 2 is 1.42 bits per heavy atom. The monoisotopic (exact) mass is 337 g/mol. The van der Waals surface area contributed by atoms with Crippen molar-refractivity contribution in [2.24, 2.45) is 10.4 Å². The van der Waals surface area contributed by atoms with Crippen molar-refractivity contribution in [3.05, 3.63) is 0 Å². The van der Waals surface area contributed by atoms with Crippen molar-refractivity contribution in [2.75, 3.05) is 0 Å². The molecule has 0 fully saturated rings. The minimum Gasteiger partial charge on any atom is -0.469 e. The van der Waals surface area contributed by atoms with Crippen LogP contribution in [-0.4, -0.2) is 18.4 Å². The van der Waals surface area contributed by atoms with Crippen LogP contribution >= 0.6 is 0 Å². The molecule has 24 heavy (non-hydrogen) atoms. The molecule has 1 aliphatic rings. The lowest BCUT2D eigenvalue weighted by Crippen LogP contribution is -2.36. The van der Waals surface area contributed by atoms with E-state index in [0.29, 0.717) is 0 Å². The van der Waals surface area contributed by atoms with Crippen molar-refractivity contribution in [3.63, 3.8) is 0 Å². The maximum Gasteiger partial charge on any atom is 0.290 e. The molecule has 0 radical (unpaired) electrons. The average Bonchev–Trinajstić information content (AvgIpc) is 3.02. The van der Waals surface area contributed by atoms with E-state index in [9.17, 15) is 4.79 Å². The molecule has 3 heteroatoms. The van der Waals surface area contributed by atoms with Gasteiger partial charge in [-0.15, -0.1) is 0 Å². The van der Waals surface area contributed by atoms with Crippen LogP contribution in [0.1, 0.15) is 111 Å². The summed E-state index contributed by atoms with van der Waals surface area (Å²) in [5, 5.41) is 0. The molecule has 1 aliphatic heterocycles. The van der Waals surface area contributed by atoms with Gasteiger partial charge in [0.05, 0.1) is 0 Å². The molecule has 0 aromatic carbocycles. The number of hydrogen-bond donors (Lipinski definition) is 0. The van der Waals surface area contributed by atoms with E-state index in [2.05, 4.69) is 25.8 Å². The number of ether oxygens (including phenoxy) is 1. The maximum atomic E-state index is 11.8. The summed E-state index contributed by atoms with van der Waals surface area (Å²) in [4.78, 5) is 15.5. The highest BCUT2D eigenvalue weighted by atomic mass is 16.5. The number of rotatable bonds is 15. The second kappa shape index (κ2) is 12.5. The number of nitrogens with zero attached hydrogens (tertiary/aromatic N) is 1. The van der Waals surface area contributed by atoms with Gasteiger partial charge in [-0.3, -0.25) is 4.79 Å². The Bertz CT molecular complexity index is 367. The first-order chi connectivity index (χ1) is 11.6. The highest BCUT2D eigenvalue weighted by Crippen LogP contribution is 2.36. The molecule has 0 aliphatic carbocycles. The Kier molecular flexibility index (Phi) is 11.0. The Balaban J connectivity index is 1.98. The van der Waals surface area contributed by atoms with E-state index in [1.807, 2.05) is 0 Å². The van der Waals surface area contributed by atoms with E-state index in [1.165, 1.54) is 83.5 Å². The van der Waals surface area contributed by atoms with Crippen LogP contribution in [0.4, 0.5) is 0 Å². The van der Waals surface area contributed by atoms with Gasteiger partial charge in [-0.2, -0.15) is 4.99 Å². The Morgan fingerprint density at radius 1 is 0.917 bits per heavy atom. The smallest absolute Gasteiger partial charge is 0.290 e. The molecule has 1 amide bonds. The number of amides is 1. The van der Waals surface area contributed by atoms with Gasteiger partial charge in [-0.1, -0.05) is 97.8 Å². The first kappa shape index (κ1) is 21.2. The highest BCUT2D eigenvalue weighted by Gasteiger charge is 2.40. The number of carbonyl (C=O) groups excluding carboxylic acids is 1. The fraction of sp³-hybridized carbons (Fsp3) is 0.905. The summed E-state index contributed by atoms with van der Waals surface area (Å²) >= 11 is 0. The fourth-order valence-corrected chi connectivity index (χ4v) is 3.59. The second-order valence-corrected chi connectivity index (χ2v) is 7.74. The summed E-state index contributed by atoms with van der Waals surface area (Å²) in [6.07, 6.45) is 19.4. The zero-order valence-electron chi connectivity index (χ0n) is 16.3. The molecule has 0 bridgehead atoms. The molecular weight excluding hydrogens is 298 g/mol. The van der Waals surface area contributed by atoms with Crippen LogP contribution in [0.3, 0.4) is 0 Å². The molecule has 2 atom stereocenters. The van der Waals surface area contributed by atoms with Crippen LogP contribution < -0.4 is 0 Å². The molecule has 0 saturated heterocycles. The van der Waals surface area contributed by atoms with Gasteiger partial charge in [0.15, 0.2) is 12.5 Å². The Hall–Kier alpha value is -0.860. The molecule has 0 saturated carbocycles. The summed E-state index contributed by atoms with van der Waals surface area (Å²) in [7, 11) is 0. The topological polar surface area (TPSA) is 38.7 Å². The van der Waals surface area contributed by atoms with Crippen LogP contribution in [0.2, 0.25) is 0 Å². The summed E-state index contributed by atoms with van der Waals surface area (Å²) in [5.74, 6) is -0.0988. The lowest BCUT2D eigenvalue weighted by molar-refractivity contribution is -0.128. The summed E-state index contributed by atoms with van der Waals surface area (Å²) < 4.78 is 5.44. The SMILES string of the molecule is CCCCCCCCCCCCCCC(C)(CC)C1OC=NC1=O. The molecule has 3 nitrogen and oxygen atoms in total. The molecule has 0 N–H and O–H groups in total. The van der Waals surface area contributed by atoms with Gasteiger partial charge in [0.25, 0.3) is 5.91 Å². The largest absolute Gasteiger partial charge is 0.469 e. The lowest BCUT2D eigenvalue weighted by Gasteiger charge is -2.31. The molecular formula is C21H39NO2. The van der Waals surface area contributed by atoms with Crippen molar-refractivity contribution >= 4 is 12.3 Å². The molecule has 0 spiro atoms. The standard InChI is InChI=1S/C21H39NO2/c1-4-6-7-8-9-10-11-12-13-14-15-16-17-21(3,5-2)19-20(23)22-18-24-19/h18-19H,4-17H2,1-3H3. The van der Waals surface area contributed by atoms with E-state index in [4.69, 9.17) is 4.74 Å². The average molecular weight is 338 g/mol. The van der Waals surface area contributed by atoms with Crippen molar-refractivity contribution < 1.29 is 9.53 Å². The third-order valence-electron chi connectivity index (χ3n) is 5.64. The van der Waals surface area contributed by atoms with Gasteiger partial charge in [0, 0.05) is 5.41 Å². The third-order valence-corrected chi connectivity index (χ3v) is 5.64. The van der Waals surface area contributed by atoms with Crippen LogP contribution in [0.15, 0.2) is 4.99 Å². The summed E-state index contributed by atoms with van der Waals surface area (Å²) in [6, 6.07) is 0. The van der Waals surface area contributed by atoms with Crippen LogP contribution in [0.5, 0.6) is 0 Å². The number of aliphatic imine (C=N–C) groups is 1. The van der Waals surface area contributed by atoms with Crippen LogP contribution in [0.25, 0.3) is 0 Å². The van der Waals surface area contributed by atoms with Gasteiger partial charge in [0.1, 0.15) is 0 Å². The van der Waals surface area contributed by atoms with Crippen molar-refractivity contribution in [3.8, 4) is 0 Å². The van der Waals surface area contributed by atoms with E-state index in [0.717, 1.165) is 12.8 Å². The van der Waals surface area contributed by atoms with Gasteiger partial charge in [0.2, 0.25) is 0 Å². The maximum absolute atomic E-state index is 11.8. The lowest BCUT2D eigenvalue weighted by atomic mass is 9.76. The highest BCUT2D eigenvalue weighted by molar-refractivity contribution is 5.92. The van der Waals surface area contributed by atoms with Gasteiger partial charge < -0.3 is 4.74 Å². The van der Waals surface area contributed by atoms with Crippen molar-refractivity contribution in [1.82, 2.24) is 0 Å². The van der Waals surface area contributed by atoms with E-state index < -0.39 is 0 Å². The van der Waals surface area contributed by atoms with Gasteiger partial charge in [-0.05, 0) is 12.8 Å². The normalized spacial score (nSPS) is 19.5. The molecule has 2 unspecified atom stereocenters. The molecule has 0 aromatic heterocycles. The Morgan fingerprint density at radius 3 is 1.83 bits per heavy atom. The minimum atomic E-state index is -0.352. The third kappa shape index (κ3) is 7.81. The van der Waals surface area contributed by atoms with Gasteiger partial charge >= 0.3 is 0 Å². The predicted octanol–water partition coefficient (Wildman–Crippen LogP) is 6.45. The zero-order chi connectivity index (χ0) is 17.7. The first-order valence-corrected chi connectivity index (χ1v) is 10.4. The zero-order valence-corrected chi connectivity index (χ0v) is 16.3. The van der Waals surface area contributed by atoms with Gasteiger partial charge in [-0.25, -0.2) is 0 Å². The first-order valence-electron chi connectivity index (χ1n) is 10.4. The minimum absolute atomic E-state index is 0.0634. The molecule has 1 rings (SSSR count). The fourth-order valence-electron chi connectivity index (χ4n) is 3.59. The number of unbranched alkanes of at least 4 members (excludes halogenated alkanes) is 11. The van der Waals surface area contributed by atoms with Crippen molar-refractivity contribution in [1.29, 1.82) is 0 Å².